The summed E-state index contributed by atoms with van der Waals surface area (Å²) in [5.41, 5.74) is 4.25. The van der Waals surface area contributed by atoms with E-state index < -0.39 is 0 Å². The van der Waals surface area contributed by atoms with Crippen molar-refractivity contribution in [2.75, 3.05) is 0 Å². The number of benzene rings is 2. The molecule has 0 heterocycles. The van der Waals surface area contributed by atoms with Crippen molar-refractivity contribution in [3.8, 4) is 0 Å². The first-order valence-corrected chi connectivity index (χ1v) is 8.19. The summed E-state index contributed by atoms with van der Waals surface area (Å²) in [5.74, 6) is 0. The molecule has 2 rings (SSSR count). The fraction of sp³-hybridized carbons (Fsp3) is 0.400. The topological polar surface area (TPSA) is 0 Å². The molecule has 21 heavy (non-hydrogen) atoms. The first kappa shape index (κ1) is 16.1. The Morgan fingerprint density at radius 3 is 2.10 bits per heavy atom. The Balaban J connectivity index is 1.84. The summed E-state index contributed by atoms with van der Waals surface area (Å²) in [6.45, 7) is 6.75. The summed E-state index contributed by atoms with van der Waals surface area (Å²) < 4.78 is 0. The summed E-state index contributed by atoms with van der Waals surface area (Å²) in [5, 5.41) is 0.125. The van der Waals surface area contributed by atoms with E-state index in [-0.39, 0.29) is 10.8 Å². The minimum Gasteiger partial charge on any atom is -0.118 e. The zero-order valence-corrected chi connectivity index (χ0v) is 14.0. The van der Waals surface area contributed by atoms with Gasteiger partial charge in [-0.25, -0.2) is 0 Å². The van der Waals surface area contributed by atoms with Gasteiger partial charge in [0, 0.05) is 0 Å². The Hall–Kier alpha value is -1.27. The molecule has 0 saturated heterocycles. The lowest BCUT2D eigenvalue weighted by molar-refractivity contribution is 0.589. The van der Waals surface area contributed by atoms with Gasteiger partial charge in [-0.1, -0.05) is 75.4 Å². The third-order valence-corrected chi connectivity index (χ3v) is 4.37. The average molecular weight is 301 g/mol. The highest BCUT2D eigenvalue weighted by atomic mass is 35.5. The molecule has 0 aliphatic rings. The Kier molecular flexibility index (Phi) is 5.47. The summed E-state index contributed by atoms with van der Waals surface area (Å²) in [7, 11) is 0. The predicted molar refractivity (Wildman–Crippen MR) is 93.1 cm³/mol. The van der Waals surface area contributed by atoms with E-state index in [1.54, 1.807) is 0 Å². The number of hydrogen-bond acceptors (Lipinski definition) is 0. The van der Waals surface area contributed by atoms with Crippen molar-refractivity contribution in [2.45, 2.75) is 50.8 Å². The van der Waals surface area contributed by atoms with Crippen molar-refractivity contribution >= 4 is 11.6 Å². The van der Waals surface area contributed by atoms with E-state index in [4.69, 9.17) is 11.6 Å². The van der Waals surface area contributed by atoms with Crippen molar-refractivity contribution in [1.82, 2.24) is 0 Å². The first-order chi connectivity index (χ1) is 9.97. The second-order valence-electron chi connectivity index (χ2n) is 6.72. The predicted octanol–water partition coefficient (Wildman–Crippen LogP) is 6.29. The smallest absolute Gasteiger partial charge is 0.0585 e. The molecule has 0 saturated carbocycles. The minimum atomic E-state index is 0.125. The highest BCUT2D eigenvalue weighted by Crippen LogP contribution is 2.27. The molecule has 0 amide bonds. The third kappa shape index (κ3) is 4.89. The third-order valence-electron chi connectivity index (χ3n) is 3.90. The number of alkyl halides is 1. The van der Waals surface area contributed by atoms with Gasteiger partial charge in [0.25, 0.3) is 0 Å². The maximum absolute atomic E-state index is 6.46. The molecule has 1 atom stereocenters. The van der Waals surface area contributed by atoms with Gasteiger partial charge in [0.15, 0.2) is 0 Å². The molecular formula is C20H25Cl. The van der Waals surface area contributed by atoms with Crippen LogP contribution in [0.5, 0.6) is 0 Å². The van der Waals surface area contributed by atoms with Crippen LogP contribution in [-0.4, -0.2) is 0 Å². The molecule has 0 nitrogen and oxygen atoms in total. The lowest BCUT2D eigenvalue weighted by atomic mass is 9.86. The monoisotopic (exact) mass is 300 g/mol. The summed E-state index contributed by atoms with van der Waals surface area (Å²) in [6, 6.07) is 19.4. The molecule has 112 valence electrons. The molecule has 2 aromatic carbocycles. The number of halogens is 1. The number of hydrogen-bond donors (Lipinski definition) is 0. The number of rotatable bonds is 5. The SMILES string of the molecule is CC(C)(C)c1ccc(CCCC(Cl)c2ccccc2)cc1. The van der Waals surface area contributed by atoms with Crippen LogP contribution in [0.2, 0.25) is 0 Å². The summed E-state index contributed by atoms with van der Waals surface area (Å²) >= 11 is 6.46. The van der Waals surface area contributed by atoms with Gasteiger partial charge < -0.3 is 0 Å². The maximum atomic E-state index is 6.46. The molecule has 1 heteroatoms. The minimum absolute atomic E-state index is 0.125. The van der Waals surface area contributed by atoms with E-state index in [0.717, 1.165) is 19.3 Å². The number of aryl methyl sites for hydroxylation is 1. The largest absolute Gasteiger partial charge is 0.118 e. The van der Waals surface area contributed by atoms with Gasteiger partial charge in [-0.3, -0.25) is 0 Å². The summed E-state index contributed by atoms with van der Waals surface area (Å²) in [4.78, 5) is 0. The fourth-order valence-electron chi connectivity index (χ4n) is 2.49. The lowest BCUT2D eigenvalue weighted by Gasteiger charge is -2.19. The average Bonchev–Trinajstić information content (AvgIpc) is 2.47. The zero-order chi connectivity index (χ0) is 15.3. The molecule has 0 aromatic heterocycles. The lowest BCUT2D eigenvalue weighted by Crippen LogP contribution is -2.10. The maximum Gasteiger partial charge on any atom is 0.0585 e. The van der Waals surface area contributed by atoms with Crippen LogP contribution < -0.4 is 0 Å². The second-order valence-corrected chi connectivity index (χ2v) is 7.24. The van der Waals surface area contributed by atoms with Crippen LogP contribution in [0.1, 0.15) is 55.7 Å². The van der Waals surface area contributed by atoms with Gasteiger partial charge in [-0.2, -0.15) is 0 Å². The Morgan fingerprint density at radius 1 is 0.905 bits per heavy atom. The molecule has 0 spiro atoms. The van der Waals surface area contributed by atoms with Gasteiger partial charge >= 0.3 is 0 Å². The Morgan fingerprint density at radius 2 is 1.52 bits per heavy atom. The van der Waals surface area contributed by atoms with Crippen molar-refractivity contribution in [1.29, 1.82) is 0 Å². The molecule has 0 bridgehead atoms. The van der Waals surface area contributed by atoms with E-state index >= 15 is 0 Å². The van der Waals surface area contributed by atoms with Crippen LogP contribution in [0.25, 0.3) is 0 Å². The van der Waals surface area contributed by atoms with Gasteiger partial charge in [0.05, 0.1) is 5.38 Å². The molecule has 0 fully saturated rings. The Bertz CT molecular complexity index is 534. The summed E-state index contributed by atoms with van der Waals surface area (Å²) in [6.07, 6.45) is 3.24. The van der Waals surface area contributed by atoms with Gasteiger partial charge in [-0.05, 0) is 41.4 Å². The molecule has 0 aliphatic heterocycles. The van der Waals surface area contributed by atoms with Gasteiger partial charge in [-0.15, -0.1) is 11.6 Å². The Labute approximate surface area is 134 Å². The van der Waals surface area contributed by atoms with Crippen LogP contribution >= 0.6 is 11.6 Å². The highest BCUT2D eigenvalue weighted by molar-refractivity contribution is 6.20. The quantitative estimate of drug-likeness (QED) is 0.569. The molecule has 0 N–H and O–H groups in total. The van der Waals surface area contributed by atoms with Gasteiger partial charge in [0.1, 0.15) is 0 Å². The van der Waals surface area contributed by atoms with Crippen LogP contribution in [-0.2, 0) is 11.8 Å². The normalized spacial score (nSPS) is 13.1. The van der Waals surface area contributed by atoms with Gasteiger partial charge in [0.2, 0.25) is 0 Å². The van der Waals surface area contributed by atoms with Crippen molar-refractivity contribution in [3.63, 3.8) is 0 Å². The zero-order valence-electron chi connectivity index (χ0n) is 13.3. The van der Waals surface area contributed by atoms with E-state index in [1.807, 2.05) is 6.07 Å². The van der Waals surface area contributed by atoms with E-state index in [1.165, 1.54) is 16.7 Å². The molecule has 1 unspecified atom stereocenters. The molecule has 2 aromatic rings. The van der Waals surface area contributed by atoms with Crippen LogP contribution in [0.4, 0.5) is 0 Å². The first-order valence-electron chi connectivity index (χ1n) is 7.75. The molecule has 0 aliphatic carbocycles. The highest BCUT2D eigenvalue weighted by Gasteiger charge is 2.13. The van der Waals surface area contributed by atoms with E-state index in [0.29, 0.717) is 0 Å². The standard InChI is InChI=1S/C20H25Cl/c1-20(2,3)18-14-12-16(13-15-18)8-7-11-19(21)17-9-5-4-6-10-17/h4-6,9-10,12-15,19H,7-8,11H2,1-3H3. The van der Waals surface area contributed by atoms with E-state index in [9.17, 15) is 0 Å². The molecule has 0 radical (unpaired) electrons. The second kappa shape index (κ2) is 7.13. The van der Waals surface area contributed by atoms with Crippen molar-refractivity contribution in [2.24, 2.45) is 0 Å². The molecular weight excluding hydrogens is 276 g/mol. The van der Waals surface area contributed by atoms with Crippen LogP contribution in [0.15, 0.2) is 54.6 Å². The van der Waals surface area contributed by atoms with Crippen molar-refractivity contribution < 1.29 is 0 Å². The fourth-order valence-corrected chi connectivity index (χ4v) is 2.79. The van der Waals surface area contributed by atoms with Crippen molar-refractivity contribution in [3.05, 3.63) is 71.3 Å². The van der Waals surface area contributed by atoms with E-state index in [2.05, 4.69) is 69.3 Å². The van der Waals surface area contributed by atoms with Crippen LogP contribution in [0.3, 0.4) is 0 Å². The van der Waals surface area contributed by atoms with Crippen LogP contribution in [0, 0.1) is 0 Å².